The van der Waals surface area contributed by atoms with E-state index in [0.717, 1.165) is 24.1 Å². The summed E-state index contributed by atoms with van der Waals surface area (Å²) in [7, 11) is -2.10. The molecule has 1 aromatic heterocycles. The van der Waals surface area contributed by atoms with Gasteiger partial charge >= 0.3 is 0 Å². The van der Waals surface area contributed by atoms with Crippen molar-refractivity contribution >= 4 is 21.6 Å². The molecule has 0 bridgehead atoms. The first-order chi connectivity index (χ1) is 14.9. The summed E-state index contributed by atoms with van der Waals surface area (Å²) in [5.41, 5.74) is 1.77. The van der Waals surface area contributed by atoms with E-state index in [9.17, 15) is 17.6 Å². The van der Waals surface area contributed by atoms with Crippen molar-refractivity contribution in [3.8, 4) is 0 Å². The van der Waals surface area contributed by atoms with Crippen LogP contribution in [0.25, 0.3) is 0 Å². The molecule has 0 radical (unpaired) electrons. The number of pyridine rings is 1. The van der Waals surface area contributed by atoms with Crippen LogP contribution in [0.3, 0.4) is 0 Å². The minimum Gasteiger partial charge on any atom is -0.388 e. The molecular formula is C22H29FN4O3S. The number of carbonyl (C=O) groups excluding carboxylic acids is 1. The van der Waals surface area contributed by atoms with Crippen molar-refractivity contribution in [1.82, 2.24) is 14.6 Å². The van der Waals surface area contributed by atoms with Gasteiger partial charge in [0, 0.05) is 38.2 Å². The fourth-order valence-corrected chi connectivity index (χ4v) is 4.95. The van der Waals surface area contributed by atoms with Crippen LogP contribution in [0.2, 0.25) is 0 Å². The number of hydrogen-bond donors (Lipinski definition) is 2. The number of nitrogens with zero attached hydrogens (tertiary/aromatic N) is 2. The highest BCUT2D eigenvalue weighted by atomic mass is 32.2. The summed E-state index contributed by atoms with van der Waals surface area (Å²) >= 11 is 0. The van der Waals surface area contributed by atoms with Crippen molar-refractivity contribution in [1.29, 1.82) is 0 Å². The van der Waals surface area contributed by atoms with E-state index in [1.165, 1.54) is 24.5 Å². The molecule has 2 heterocycles. The zero-order valence-corrected chi connectivity index (χ0v) is 18.4. The van der Waals surface area contributed by atoms with Crippen molar-refractivity contribution in [2.45, 2.75) is 36.6 Å². The van der Waals surface area contributed by atoms with E-state index in [2.05, 4.69) is 15.0 Å². The largest absolute Gasteiger partial charge is 0.388 e. The standard InChI is InChI=1S/C22H29FN4O3S/c1-24-19-6-4-18(5-7-19)15-21(26-31(29,30)20-3-2-12-25-16-20)22(28)27-13-9-17(8-11-23)10-14-27/h2-7,12,16-17,21,24,26H,8-11,13-15H2,1H3/t21-/m0/s1. The number of benzene rings is 1. The number of likely N-dealkylation sites (tertiary alicyclic amines) is 1. The molecule has 7 nitrogen and oxygen atoms in total. The van der Waals surface area contributed by atoms with Gasteiger partial charge in [-0.2, -0.15) is 4.72 Å². The van der Waals surface area contributed by atoms with Gasteiger partial charge < -0.3 is 10.2 Å². The van der Waals surface area contributed by atoms with Gasteiger partial charge in [0.1, 0.15) is 10.9 Å². The molecule has 0 unspecified atom stereocenters. The number of carbonyl (C=O) groups is 1. The molecule has 0 aliphatic carbocycles. The van der Waals surface area contributed by atoms with Gasteiger partial charge in [0.05, 0.1) is 6.67 Å². The molecule has 0 spiro atoms. The quantitative estimate of drug-likeness (QED) is 0.615. The second-order valence-electron chi connectivity index (χ2n) is 7.76. The van der Waals surface area contributed by atoms with E-state index in [4.69, 9.17) is 0 Å². The number of amides is 1. The Hall–Kier alpha value is -2.52. The molecule has 0 saturated carbocycles. The first-order valence-electron chi connectivity index (χ1n) is 10.5. The van der Waals surface area contributed by atoms with Crippen LogP contribution in [0, 0.1) is 5.92 Å². The number of rotatable bonds is 9. The molecule has 3 rings (SSSR count). The molecule has 9 heteroatoms. The first kappa shape index (κ1) is 23.1. The number of aromatic nitrogens is 1. The van der Waals surface area contributed by atoms with Gasteiger partial charge in [-0.1, -0.05) is 12.1 Å². The third-order valence-electron chi connectivity index (χ3n) is 5.67. The molecule has 2 aromatic rings. The monoisotopic (exact) mass is 448 g/mol. The molecular weight excluding hydrogens is 419 g/mol. The molecule has 1 saturated heterocycles. The number of nitrogens with one attached hydrogen (secondary N) is 2. The van der Waals surface area contributed by atoms with E-state index in [1.54, 1.807) is 4.90 Å². The Bertz CT molecular complexity index is 946. The Morgan fingerprint density at radius 3 is 2.52 bits per heavy atom. The molecule has 1 atom stereocenters. The van der Waals surface area contributed by atoms with Crippen molar-refractivity contribution < 1.29 is 17.6 Å². The summed E-state index contributed by atoms with van der Waals surface area (Å²) in [6, 6.07) is 9.56. The van der Waals surface area contributed by atoms with E-state index < -0.39 is 16.1 Å². The number of hydrogen-bond acceptors (Lipinski definition) is 5. The summed E-state index contributed by atoms with van der Waals surface area (Å²) in [5.74, 6) is 0.0116. The third kappa shape index (κ3) is 6.24. The lowest BCUT2D eigenvalue weighted by Gasteiger charge is -2.34. The second kappa shape index (κ2) is 10.7. The highest BCUT2D eigenvalue weighted by Gasteiger charge is 2.31. The molecule has 1 aromatic carbocycles. The third-order valence-corrected chi connectivity index (χ3v) is 7.12. The van der Waals surface area contributed by atoms with Crippen LogP contribution in [0.5, 0.6) is 0 Å². The highest BCUT2D eigenvalue weighted by molar-refractivity contribution is 7.89. The Balaban J connectivity index is 1.79. The molecule has 1 amide bonds. The van der Waals surface area contributed by atoms with Crippen molar-refractivity contribution in [3.05, 3.63) is 54.4 Å². The lowest BCUT2D eigenvalue weighted by atomic mass is 9.93. The fourth-order valence-electron chi connectivity index (χ4n) is 3.80. The zero-order valence-electron chi connectivity index (χ0n) is 17.6. The summed E-state index contributed by atoms with van der Waals surface area (Å²) in [6.45, 7) is 0.662. The average Bonchev–Trinajstić information content (AvgIpc) is 2.80. The van der Waals surface area contributed by atoms with Crippen molar-refractivity contribution in [3.63, 3.8) is 0 Å². The van der Waals surface area contributed by atoms with Gasteiger partial charge in [-0.3, -0.25) is 14.2 Å². The van der Waals surface area contributed by atoms with Crippen molar-refractivity contribution in [2.75, 3.05) is 32.1 Å². The summed E-state index contributed by atoms with van der Waals surface area (Å²) in [5, 5.41) is 3.04. The van der Waals surface area contributed by atoms with Crippen LogP contribution in [-0.2, 0) is 21.2 Å². The minimum atomic E-state index is -3.92. The number of sulfonamides is 1. The van der Waals surface area contributed by atoms with Crippen LogP contribution in [0.1, 0.15) is 24.8 Å². The summed E-state index contributed by atoms with van der Waals surface area (Å²) in [4.78, 5) is 18.9. The summed E-state index contributed by atoms with van der Waals surface area (Å²) < 4.78 is 41.0. The smallest absolute Gasteiger partial charge is 0.242 e. The van der Waals surface area contributed by atoms with Crippen LogP contribution in [0.4, 0.5) is 10.1 Å². The van der Waals surface area contributed by atoms with Crippen LogP contribution >= 0.6 is 0 Å². The zero-order chi connectivity index (χ0) is 22.3. The Morgan fingerprint density at radius 1 is 1.23 bits per heavy atom. The van der Waals surface area contributed by atoms with E-state index in [-0.39, 0.29) is 29.8 Å². The number of halogens is 1. The topological polar surface area (TPSA) is 91.4 Å². The van der Waals surface area contributed by atoms with Crippen molar-refractivity contribution in [2.24, 2.45) is 5.92 Å². The van der Waals surface area contributed by atoms with Crippen LogP contribution in [0.15, 0.2) is 53.7 Å². The minimum absolute atomic E-state index is 0.0139. The lowest BCUT2D eigenvalue weighted by molar-refractivity contribution is -0.134. The SMILES string of the molecule is CNc1ccc(C[C@H](NS(=O)(=O)c2cccnc2)C(=O)N2CCC(CCF)CC2)cc1. The van der Waals surface area contributed by atoms with E-state index >= 15 is 0 Å². The summed E-state index contributed by atoms with van der Waals surface area (Å²) in [6.07, 6.45) is 4.95. The molecule has 1 fully saturated rings. The maximum absolute atomic E-state index is 13.3. The van der Waals surface area contributed by atoms with E-state index in [0.29, 0.717) is 19.5 Å². The van der Waals surface area contributed by atoms with Gasteiger partial charge in [0.2, 0.25) is 15.9 Å². The average molecular weight is 449 g/mol. The fraction of sp³-hybridized carbons (Fsp3) is 0.455. The van der Waals surface area contributed by atoms with Gasteiger partial charge in [-0.25, -0.2) is 8.42 Å². The Kier molecular flexibility index (Phi) is 7.97. The van der Waals surface area contributed by atoms with Gasteiger partial charge in [0.25, 0.3) is 0 Å². The van der Waals surface area contributed by atoms with Gasteiger partial charge in [-0.05, 0) is 61.4 Å². The molecule has 168 valence electrons. The molecule has 31 heavy (non-hydrogen) atoms. The normalized spacial score (nSPS) is 16.1. The number of anilines is 1. The highest BCUT2D eigenvalue weighted by Crippen LogP contribution is 2.22. The Labute approximate surface area is 183 Å². The predicted octanol–water partition coefficient (Wildman–Crippen LogP) is 2.61. The van der Waals surface area contributed by atoms with Gasteiger partial charge in [-0.15, -0.1) is 0 Å². The Morgan fingerprint density at radius 2 is 1.94 bits per heavy atom. The number of piperidine rings is 1. The van der Waals surface area contributed by atoms with Crippen LogP contribution < -0.4 is 10.0 Å². The van der Waals surface area contributed by atoms with Gasteiger partial charge in [0.15, 0.2) is 0 Å². The maximum Gasteiger partial charge on any atom is 0.242 e. The molecule has 2 N–H and O–H groups in total. The molecule has 1 aliphatic rings. The van der Waals surface area contributed by atoms with Crippen LogP contribution in [-0.4, -0.2) is 57.1 Å². The molecule has 1 aliphatic heterocycles. The number of alkyl halides is 1. The first-order valence-corrected chi connectivity index (χ1v) is 11.9. The van der Waals surface area contributed by atoms with E-state index in [1.807, 2.05) is 31.3 Å². The predicted molar refractivity (Wildman–Crippen MR) is 118 cm³/mol. The maximum atomic E-state index is 13.3. The second-order valence-corrected chi connectivity index (χ2v) is 9.47. The lowest BCUT2D eigenvalue weighted by Crippen LogP contribution is -2.51.